The van der Waals surface area contributed by atoms with Gasteiger partial charge in [0, 0.05) is 16.2 Å². The zero-order valence-electron chi connectivity index (χ0n) is 11.0. The lowest BCUT2D eigenvalue weighted by Gasteiger charge is -2.05. The van der Waals surface area contributed by atoms with Crippen LogP contribution in [0.4, 0.5) is 0 Å². The fraction of sp³-hybridized carbons (Fsp3) is 0. The lowest BCUT2D eigenvalue weighted by atomic mass is 10.1. The molecule has 0 radical (unpaired) electrons. The molecule has 2 heterocycles. The number of para-hydroxylation sites is 1. The molecule has 0 aliphatic heterocycles. The number of carboxylic acid groups (broad SMARTS) is 1. The molecular weight excluding hydrogens is 282 g/mol. The lowest BCUT2D eigenvalue weighted by Crippen LogP contribution is -1.97. The molecule has 0 aliphatic carbocycles. The number of aromatic carboxylic acids is 1. The number of thiophene rings is 1. The predicted octanol–water partition coefficient (Wildman–Crippen LogP) is 4.54. The van der Waals surface area contributed by atoms with Gasteiger partial charge in [0.05, 0.1) is 22.3 Å². The normalized spacial score (nSPS) is 11.2. The predicted molar refractivity (Wildman–Crippen MR) is 85.6 cm³/mol. The van der Waals surface area contributed by atoms with Crippen molar-refractivity contribution in [2.24, 2.45) is 0 Å². The molecule has 0 aliphatic rings. The van der Waals surface area contributed by atoms with E-state index < -0.39 is 5.97 Å². The second-order valence-corrected chi connectivity index (χ2v) is 5.65. The maximum Gasteiger partial charge on any atom is 0.335 e. The smallest absolute Gasteiger partial charge is 0.335 e. The fourth-order valence-electron chi connectivity index (χ4n) is 2.77. The number of carbonyl (C=O) groups is 1. The molecule has 4 heteroatoms. The Hall–Kier alpha value is -2.59. The van der Waals surface area contributed by atoms with Gasteiger partial charge >= 0.3 is 5.97 Å². The van der Waals surface area contributed by atoms with Crippen molar-refractivity contribution >= 4 is 39.1 Å². The largest absolute Gasteiger partial charge is 0.478 e. The third-order valence-corrected chi connectivity index (χ3v) is 4.36. The molecule has 3 nitrogen and oxygen atoms in total. The summed E-state index contributed by atoms with van der Waals surface area (Å²) < 4.78 is 2.12. The van der Waals surface area contributed by atoms with Crippen molar-refractivity contribution in [3.63, 3.8) is 0 Å². The monoisotopic (exact) mass is 293 g/mol. The second-order valence-electron chi connectivity index (χ2n) is 4.87. The number of carboxylic acids is 1. The maximum absolute atomic E-state index is 11.3. The maximum atomic E-state index is 11.3. The van der Waals surface area contributed by atoms with Gasteiger partial charge in [-0.3, -0.25) is 0 Å². The highest BCUT2D eigenvalue weighted by Gasteiger charge is 2.14. The van der Waals surface area contributed by atoms with E-state index in [2.05, 4.69) is 22.1 Å². The molecule has 4 rings (SSSR count). The molecule has 0 bridgehead atoms. The SMILES string of the molecule is O=C(O)c1ccc2c3ccccc3n(-c3ccsc3)c2c1. The highest BCUT2D eigenvalue weighted by molar-refractivity contribution is 7.08. The van der Waals surface area contributed by atoms with E-state index in [1.807, 2.05) is 29.6 Å². The number of benzene rings is 2. The molecule has 21 heavy (non-hydrogen) atoms. The fourth-order valence-corrected chi connectivity index (χ4v) is 3.39. The summed E-state index contributed by atoms with van der Waals surface area (Å²) in [5.41, 5.74) is 3.39. The van der Waals surface area contributed by atoms with Gasteiger partial charge in [0.2, 0.25) is 0 Å². The molecular formula is C17H11NO2S. The molecule has 0 saturated heterocycles. The number of rotatable bonds is 2. The van der Waals surface area contributed by atoms with Gasteiger partial charge in [-0.25, -0.2) is 4.79 Å². The van der Waals surface area contributed by atoms with Gasteiger partial charge in [-0.15, -0.1) is 0 Å². The Kier molecular flexibility index (Phi) is 2.59. The van der Waals surface area contributed by atoms with Gasteiger partial charge in [-0.05, 0) is 29.6 Å². The molecule has 2 aromatic heterocycles. The number of aromatic nitrogens is 1. The first kappa shape index (κ1) is 12.2. The van der Waals surface area contributed by atoms with Crippen LogP contribution < -0.4 is 0 Å². The summed E-state index contributed by atoms with van der Waals surface area (Å²) in [6.07, 6.45) is 0. The van der Waals surface area contributed by atoms with E-state index in [4.69, 9.17) is 0 Å². The summed E-state index contributed by atoms with van der Waals surface area (Å²) in [5.74, 6) is -0.904. The van der Waals surface area contributed by atoms with E-state index in [0.29, 0.717) is 5.56 Å². The minimum atomic E-state index is -0.904. The van der Waals surface area contributed by atoms with E-state index in [-0.39, 0.29) is 0 Å². The Balaban J connectivity index is 2.20. The average molecular weight is 293 g/mol. The molecule has 0 fully saturated rings. The minimum absolute atomic E-state index is 0.307. The van der Waals surface area contributed by atoms with E-state index in [0.717, 1.165) is 27.5 Å². The van der Waals surface area contributed by atoms with Crippen molar-refractivity contribution in [3.05, 3.63) is 64.9 Å². The van der Waals surface area contributed by atoms with Crippen LogP contribution in [0.5, 0.6) is 0 Å². The first-order valence-electron chi connectivity index (χ1n) is 6.55. The average Bonchev–Trinajstić information content (AvgIpc) is 3.11. The molecule has 0 saturated carbocycles. The molecule has 0 amide bonds. The zero-order chi connectivity index (χ0) is 14.4. The van der Waals surface area contributed by atoms with Crippen molar-refractivity contribution in [1.29, 1.82) is 0 Å². The van der Waals surface area contributed by atoms with Crippen molar-refractivity contribution in [2.45, 2.75) is 0 Å². The Morgan fingerprint density at radius 3 is 2.57 bits per heavy atom. The Morgan fingerprint density at radius 1 is 1.00 bits per heavy atom. The van der Waals surface area contributed by atoms with Gasteiger partial charge < -0.3 is 9.67 Å². The minimum Gasteiger partial charge on any atom is -0.478 e. The standard InChI is InChI=1S/C17H11NO2S/c19-17(20)11-5-6-14-13-3-1-2-4-15(13)18(16(14)9-11)12-7-8-21-10-12/h1-10H,(H,19,20). The van der Waals surface area contributed by atoms with Gasteiger partial charge in [0.25, 0.3) is 0 Å². The summed E-state index contributed by atoms with van der Waals surface area (Å²) in [6.45, 7) is 0. The van der Waals surface area contributed by atoms with Crippen molar-refractivity contribution in [2.75, 3.05) is 0 Å². The molecule has 1 N–H and O–H groups in total. The third kappa shape index (κ3) is 1.76. The zero-order valence-corrected chi connectivity index (χ0v) is 11.8. The summed E-state index contributed by atoms with van der Waals surface area (Å²) in [7, 11) is 0. The topological polar surface area (TPSA) is 42.2 Å². The molecule has 102 valence electrons. The first-order chi connectivity index (χ1) is 10.3. The molecule has 2 aromatic carbocycles. The second kappa shape index (κ2) is 4.46. The highest BCUT2D eigenvalue weighted by Crippen LogP contribution is 2.33. The summed E-state index contributed by atoms with van der Waals surface area (Å²) in [6, 6.07) is 15.5. The van der Waals surface area contributed by atoms with Crippen LogP contribution in [0.15, 0.2) is 59.3 Å². The lowest BCUT2D eigenvalue weighted by molar-refractivity contribution is 0.0697. The van der Waals surface area contributed by atoms with Gasteiger partial charge in [0.1, 0.15) is 0 Å². The Bertz CT molecular complexity index is 967. The summed E-state index contributed by atoms with van der Waals surface area (Å²) >= 11 is 1.63. The molecule has 0 atom stereocenters. The van der Waals surface area contributed by atoms with E-state index in [9.17, 15) is 9.90 Å². The summed E-state index contributed by atoms with van der Waals surface area (Å²) in [4.78, 5) is 11.3. The van der Waals surface area contributed by atoms with Crippen LogP contribution in [0.2, 0.25) is 0 Å². The van der Waals surface area contributed by atoms with Crippen LogP contribution >= 0.6 is 11.3 Å². The van der Waals surface area contributed by atoms with Gasteiger partial charge in [-0.1, -0.05) is 24.3 Å². The van der Waals surface area contributed by atoms with Crippen LogP contribution in [0, 0.1) is 0 Å². The molecule has 0 spiro atoms. The van der Waals surface area contributed by atoms with Gasteiger partial charge in [0.15, 0.2) is 0 Å². The molecule has 4 aromatic rings. The third-order valence-electron chi connectivity index (χ3n) is 3.69. The van der Waals surface area contributed by atoms with Crippen LogP contribution in [-0.2, 0) is 0 Å². The van der Waals surface area contributed by atoms with Gasteiger partial charge in [-0.2, -0.15) is 11.3 Å². The number of hydrogen-bond donors (Lipinski definition) is 1. The first-order valence-corrected chi connectivity index (χ1v) is 7.49. The van der Waals surface area contributed by atoms with Crippen LogP contribution in [-0.4, -0.2) is 15.6 Å². The van der Waals surface area contributed by atoms with E-state index in [1.165, 1.54) is 0 Å². The van der Waals surface area contributed by atoms with Crippen LogP contribution in [0.25, 0.3) is 27.5 Å². The quantitative estimate of drug-likeness (QED) is 0.589. The number of fused-ring (bicyclic) bond motifs is 3. The highest BCUT2D eigenvalue weighted by atomic mass is 32.1. The Morgan fingerprint density at radius 2 is 1.81 bits per heavy atom. The summed E-state index contributed by atoms with van der Waals surface area (Å²) in [5, 5.41) is 15.5. The number of hydrogen-bond acceptors (Lipinski definition) is 2. The van der Waals surface area contributed by atoms with Crippen molar-refractivity contribution in [1.82, 2.24) is 4.57 Å². The Labute approximate surface area is 124 Å². The van der Waals surface area contributed by atoms with E-state index in [1.54, 1.807) is 23.5 Å². The van der Waals surface area contributed by atoms with Crippen molar-refractivity contribution in [3.8, 4) is 5.69 Å². The van der Waals surface area contributed by atoms with Crippen LogP contribution in [0.3, 0.4) is 0 Å². The van der Waals surface area contributed by atoms with E-state index >= 15 is 0 Å². The molecule has 0 unspecified atom stereocenters. The van der Waals surface area contributed by atoms with Crippen molar-refractivity contribution < 1.29 is 9.90 Å². The number of nitrogens with zero attached hydrogens (tertiary/aromatic N) is 1. The van der Waals surface area contributed by atoms with Crippen LogP contribution in [0.1, 0.15) is 10.4 Å².